The van der Waals surface area contributed by atoms with Crippen molar-refractivity contribution >= 4 is 0 Å². The van der Waals surface area contributed by atoms with Gasteiger partial charge in [-0.3, -0.25) is 4.57 Å². The van der Waals surface area contributed by atoms with Gasteiger partial charge in [0.05, 0.1) is 41.2 Å². The Bertz CT molecular complexity index is 1170. The normalized spacial score (nSPS) is 17.7. The predicted molar refractivity (Wildman–Crippen MR) is 126 cm³/mol. The highest BCUT2D eigenvalue weighted by Crippen LogP contribution is 2.44. The molecule has 4 rings (SSSR count). The minimum Gasteiger partial charge on any atom is -0.496 e. The van der Waals surface area contributed by atoms with E-state index in [1.807, 2.05) is 49.4 Å². The molecule has 1 saturated heterocycles. The van der Waals surface area contributed by atoms with Gasteiger partial charge in [0, 0.05) is 17.8 Å². The Morgan fingerprint density at radius 2 is 1.78 bits per heavy atom. The van der Waals surface area contributed by atoms with Gasteiger partial charge >= 0.3 is 0 Å². The number of para-hydroxylation sites is 1. The van der Waals surface area contributed by atoms with Gasteiger partial charge in [-0.25, -0.2) is 4.98 Å². The molecule has 3 aromatic rings. The molecule has 0 unspecified atom stereocenters. The van der Waals surface area contributed by atoms with Crippen molar-refractivity contribution in [3.63, 3.8) is 0 Å². The molecule has 1 aliphatic rings. The van der Waals surface area contributed by atoms with Crippen molar-refractivity contribution in [2.24, 2.45) is 0 Å². The smallest absolute Gasteiger partial charge is 0.148 e. The van der Waals surface area contributed by atoms with E-state index in [0.717, 1.165) is 46.9 Å². The standard InChI is InChI=1S/C27H31N3O2/c1-18-13-21(12-11-19(18)16-28)30-17-23(20-14-26(2,3)32-27(4,5)15-20)29-25(30)22-9-7-8-10-24(22)31-6/h7-13,17,20H,14-15H2,1-6H3. The molecule has 0 bridgehead atoms. The van der Waals surface area contributed by atoms with Crippen molar-refractivity contribution in [3.05, 3.63) is 65.5 Å². The van der Waals surface area contributed by atoms with Gasteiger partial charge in [-0.05, 0) is 83.4 Å². The molecular weight excluding hydrogens is 398 g/mol. The number of imidazole rings is 1. The van der Waals surface area contributed by atoms with Crippen LogP contribution in [0.25, 0.3) is 17.1 Å². The number of ether oxygens (including phenoxy) is 2. The number of hydrogen-bond donors (Lipinski definition) is 0. The maximum atomic E-state index is 9.36. The first-order valence-corrected chi connectivity index (χ1v) is 11.1. The summed E-state index contributed by atoms with van der Waals surface area (Å²) < 4.78 is 14.1. The largest absolute Gasteiger partial charge is 0.496 e. The number of hydrogen-bond acceptors (Lipinski definition) is 4. The van der Waals surface area contributed by atoms with Crippen LogP contribution < -0.4 is 4.74 Å². The highest BCUT2D eigenvalue weighted by Gasteiger charge is 2.41. The van der Waals surface area contributed by atoms with E-state index < -0.39 is 0 Å². The molecule has 0 radical (unpaired) electrons. The summed E-state index contributed by atoms with van der Waals surface area (Å²) in [5.74, 6) is 1.90. The van der Waals surface area contributed by atoms with Gasteiger partial charge in [0.25, 0.3) is 0 Å². The highest BCUT2D eigenvalue weighted by molar-refractivity contribution is 5.67. The Morgan fingerprint density at radius 3 is 2.41 bits per heavy atom. The topological polar surface area (TPSA) is 60.1 Å². The summed E-state index contributed by atoms with van der Waals surface area (Å²) in [6.07, 6.45) is 3.96. The van der Waals surface area contributed by atoms with E-state index in [9.17, 15) is 5.26 Å². The van der Waals surface area contributed by atoms with Gasteiger partial charge in [-0.1, -0.05) is 12.1 Å². The molecule has 5 heteroatoms. The van der Waals surface area contributed by atoms with Crippen LogP contribution in [0.1, 0.15) is 63.3 Å². The molecule has 2 heterocycles. The maximum absolute atomic E-state index is 9.36. The van der Waals surface area contributed by atoms with Crippen LogP contribution in [0.4, 0.5) is 0 Å². The van der Waals surface area contributed by atoms with Gasteiger partial charge in [0.2, 0.25) is 0 Å². The van der Waals surface area contributed by atoms with Crippen LogP contribution in [-0.4, -0.2) is 27.9 Å². The fourth-order valence-corrected chi connectivity index (χ4v) is 5.03. The van der Waals surface area contributed by atoms with Gasteiger partial charge in [0.15, 0.2) is 0 Å². The van der Waals surface area contributed by atoms with Crippen molar-refractivity contribution in [2.75, 3.05) is 7.11 Å². The summed E-state index contributed by atoms with van der Waals surface area (Å²) in [5.41, 5.74) is 4.16. The molecule has 0 atom stereocenters. The van der Waals surface area contributed by atoms with E-state index in [4.69, 9.17) is 14.5 Å². The second-order valence-corrected chi connectivity index (χ2v) is 9.90. The first kappa shape index (κ1) is 22.1. The zero-order valence-corrected chi connectivity index (χ0v) is 19.8. The molecule has 0 spiro atoms. The SMILES string of the molecule is COc1ccccc1-c1nc(C2CC(C)(C)OC(C)(C)C2)cn1-c1ccc(C#N)c(C)c1. The number of benzene rings is 2. The van der Waals surface area contributed by atoms with Crippen molar-refractivity contribution < 1.29 is 9.47 Å². The summed E-state index contributed by atoms with van der Waals surface area (Å²) in [4.78, 5) is 5.15. The monoisotopic (exact) mass is 429 g/mol. The third-order valence-corrected chi connectivity index (χ3v) is 6.13. The summed E-state index contributed by atoms with van der Waals surface area (Å²) in [5, 5.41) is 9.36. The van der Waals surface area contributed by atoms with E-state index in [2.05, 4.69) is 44.5 Å². The first-order chi connectivity index (χ1) is 15.1. The maximum Gasteiger partial charge on any atom is 0.148 e. The minimum atomic E-state index is -0.216. The lowest BCUT2D eigenvalue weighted by Gasteiger charge is -2.45. The number of methoxy groups -OCH3 is 1. The molecule has 2 aromatic carbocycles. The number of aryl methyl sites for hydroxylation is 1. The number of nitriles is 1. The quantitative estimate of drug-likeness (QED) is 0.497. The van der Waals surface area contributed by atoms with Crippen LogP contribution in [0.3, 0.4) is 0 Å². The van der Waals surface area contributed by atoms with Crippen LogP contribution in [0, 0.1) is 18.3 Å². The highest BCUT2D eigenvalue weighted by atomic mass is 16.5. The molecule has 5 nitrogen and oxygen atoms in total. The molecule has 166 valence electrons. The third kappa shape index (κ3) is 4.28. The predicted octanol–water partition coefficient (Wildman–Crippen LogP) is 6.18. The van der Waals surface area contributed by atoms with Gasteiger partial charge < -0.3 is 9.47 Å². The van der Waals surface area contributed by atoms with Crippen LogP contribution in [0.5, 0.6) is 5.75 Å². The summed E-state index contributed by atoms with van der Waals surface area (Å²) in [6.45, 7) is 10.6. The van der Waals surface area contributed by atoms with Crippen molar-refractivity contribution in [2.45, 2.75) is 64.6 Å². The Labute approximate surface area is 190 Å². The number of rotatable bonds is 4. The number of aromatic nitrogens is 2. The van der Waals surface area contributed by atoms with Crippen LogP contribution in [0.15, 0.2) is 48.7 Å². The fraction of sp³-hybridized carbons (Fsp3) is 0.407. The second-order valence-electron chi connectivity index (χ2n) is 9.90. The Balaban J connectivity index is 1.88. The van der Waals surface area contributed by atoms with Crippen LogP contribution in [-0.2, 0) is 4.74 Å². The molecule has 32 heavy (non-hydrogen) atoms. The zero-order chi connectivity index (χ0) is 23.1. The Hall–Kier alpha value is -3.10. The lowest BCUT2D eigenvalue weighted by molar-refractivity contribution is -0.162. The van der Waals surface area contributed by atoms with Gasteiger partial charge in [0.1, 0.15) is 11.6 Å². The molecule has 0 aliphatic carbocycles. The molecule has 0 saturated carbocycles. The third-order valence-electron chi connectivity index (χ3n) is 6.13. The van der Waals surface area contributed by atoms with E-state index in [1.54, 1.807) is 7.11 Å². The summed E-state index contributed by atoms with van der Waals surface area (Å²) >= 11 is 0. The summed E-state index contributed by atoms with van der Waals surface area (Å²) in [6, 6.07) is 16.1. The average Bonchev–Trinajstić information content (AvgIpc) is 3.17. The van der Waals surface area contributed by atoms with Crippen LogP contribution in [0.2, 0.25) is 0 Å². The fourth-order valence-electron chi connectivity index (χ4n) is 5.03. The second kappa shape index (κ2) is 8.11. The lowest BCUT2D eigenvalue weighted by atomic mass is 9.79. The molecule has 1 fully saturated rings. The zero-order valence-electron chi connectivity index (χ0n) is 19.8. The van der Waals surface area contributed by atoms with E-state index in [-0.39, 0.29) is 17.1 Å². The van der Waals surface area contributed by atoms with Crippen molar-refractivity contribution in [1.29, 1.82) is 5.26 Å². The Morgan fingerprint density at radius 1 is 1.09 bits per heavy atom. The molecular formula is C27H31N3O2. The molecule has 1 aliphatic heterocycles. The van der Waals surface area contributed by atoms with E-state index >= 15 is 0 Å². The van der Waals surface area contributed by atoms with Crippen molar-refractivity contribution in [3.8, 4) is 28.9 Å². The van der Waals surface area contributed by atoms with E-state index in [1.165, 1.54) is 0 Å². The lowest BCUT2D eigenvalue weighted by Crippen LogP contribution is -2.44. The molecule has 0 N–H and O–H groups in total. The van der Waals surface area contributed by atoms with Gasteiger partial charge in [-0.15, -0.1) is 0 Å². The number of nitrogens with zero attached hydrogens (tertiary/aromatic N) is 3. The van der Waals surface area contributed by atoms with Crippen molar-refractivity contribution in [1.82, 2.24) is 9.55 Å². The molecule has 0 amide bonds. The minimum absolute atomic E-state index is 0.216. The van der Waals surface area contributed by atoms with Crippen LogP contribution >= 0.6 is 0 Å². The first-order valence-electron chi connectivity index (χ1n) is 11.1. The average molecular weight is 430 g/mol. The Kier molecular flexibility index (Phi) is 5.60. The summed E-state index contributed by atoms with van der Waals surface area (Å²) in [7, 11) is 1.68. The van der Waals surface area contributed by atoms with Gasteiger partial charge in [-0.2, -0.15) is 5.26 Å². The van der Waals surface area contributed by atoms with E-state index in [0.29, 0.717) is 5.56 Å². The molecule has 1 aromatic heterocycles.